The highest BCUT2D eigenvalue weighted by molar-refractivity contribution is 5.94. The predicted molar refractivity (Wildman–Crippen MR) is 120 cm³/mol. The van der Waals surface area contributed by atoms with Gasteiger partial charge in [0, 0.05) is 18.4 Å². The number of esters is 1. The van der Waals surface area contributed by atoms with E-state index >= 15 is 0 Å². The van der Waals surface area contributed by atoms with Crippen LogP contribution in [0.4, 0.5) is 0 Å². The van der Waals surface area contributed by atoms with Crippen molar-refractivity contribution in [3.8, 4) is 0 Å². The Balaban J connectivity index is 3.42. The summed E-state index contributed by atoms with van der Waals surface area (Å²) in [7, 11) is 0. The normalized spacial score (nSPS) is 28.0. The maximum Gasteiger partial charge on any atom is 0.329 e. The zero-order valence-corrected chi connectivity index (χ0v) is 19.6. The van der Waals surface area contributed by atoms with E-state index in [1.807, 2.05) is 13.8 Å². The van der Waals surface area contributed by atoms with Crippen molar-refractivity contribution < 1.29 is 29.0 Å². The van der Waals surface area contributed by atoms with Crippen LogP contribution in [0.1, 0.15) is 53.9 Å². The van der Waals surface area contributed by atoms with Crippen molar-refractivity contribution in [3.05, 3.63) is 24.4 Å². The highest BCUT2D eigenvalue weighted by atomic mass is 16.5. The Hall–Kier alpha value is -2.68. The Kier molecular flexibility index (Phi) is 11.1. The van der Waals surface area contributed by atoms with Crippen LogP contribution in [-0.4, -0.2) is 53.6 Å². The molecule has 0 saturated carbocycles. The molecule has 2 unspecified atom stereocenters. The molecule has 0 saturated heterocycles. The van der Waals surface area contributed by atoms with Crippen molar-refractivity contribution in [3.63, 3.8) is 0 Å². The van der Waals surface area contributed by atoms with Crippen molar-refractivity contribution in [2.45, 2.75) is 72.1 Å². The van der Waals surface area contributed by atoms with E-state index in [9.17, 15) is 24.3 Å². The van der Waals surface area contributed by atoms with Gasteiger partial charge >= 0.3 is 5.97 Å². The minimum absolute atomic E-state index is 0.0745. The SMILES string of the molecule is C=C1/C=C/C(=O)N[C@@H](C)C(=O)NC(C(C)C)C(=O)OC([C@H](C)CCC)[C@@H](CCO)C(=O)N1. The number of rotatable bonds is 6. The molecule has 180 valence electrons. The fraction of sp³-hybridized carbons (Fsp3) is 0.652. The van der Waals surface area contributed by atoms with Crippen LogP contribution >= 0.6 is 0 Å². The molecule has 0 aromatic rings. The summed E-state index contributed by atoms with van der Waals surface area (Å²) in [5, 5.41) is 17.3. The molecule has 32 heavy (non-hydrogen) atoms. The van der Waals surface area contributed by atoms with Gasteiger partial charge in [0.25, 0.3) is 0 Å². The Labute approximate surface area is 190 Å². The van der Waals surface area contributed by atoms with E-state index in [0.717, 1.165) is 12.5 Å². The molecule has 1 aliphatic heterocycles. The van der Waals surface area contributed by atoms with Gasteiger partial charge in [-0.05, 0) is 37.7 Å². The lowest BCUT2D eigenvalue weighted by molar-refractivity contribution is -0.162. The molecule has 5 atom stereocenters. The maximum absolute atomic E-state index is 13.1. The van der Waals surface area contributed by atoms with Crippen molar-refractivity contribution in [1.29, 1.82) is 0 Å². The highest BCUT2D eigenvalue weighted by Crippen LogP contribution is 2.26. The molecular formula is C23H37N3O6. The number of hydrogen-bond donors (Lipinski definition) is 4. The molecule has 1 aliphatic rings. The number of cyclic esters (lactones) is 1. The van der Waals surface area contributed by atoms with Gasteiger partial charge in [-0.3, -0.25) is 14.4 Å². The molecule has 9 nitrogen and oxygen atoms in total. The van der Waals surface area contributed by atoms with Crippen molar-refractivity contribution >= 4 is 23.7 Å². The van der Waals surface area contributed by atoms with E-state index in [-0.39, 0.29) is 30.6 Å². The number of carbonyl (C=O) groups is 4. The summed E-state index contributed by atoms with van der Waals surface area (Å²) < 4.78 is 5.83. The summed E-state index contributed by atoms with van der Waals surface area (Å²) in [6, 6.07) is -1.86. The zero-order chi connectivity index (χ0) is 24.4. The number of aliphatic hydroxyl groups excluding tert-OH is 1. The average molecular weight is 452 g/mol. The lowest BCUT2D eigenvalue weighted by atomic mass is 9.86. The van der Waals surface area contributed by atoms with E-state index in [1.165, 1.54) is 13.0 Å². The van der Waals surface area contributed by atoms with Crippen LogP contribution in [0.15, 0.2) is 24.4 Å². The second-order valence-electron chi connectivity index (χ2n) is 8.59. The third-order valence-electron chi connectivity index (χ3n) is 5.42. The van der Waals surface area contributed by atoms with Crippen molar-refractivity contribution in [2.75, 3.05) is 6.61 Å². The van der Waals surface area contributed by atoms with E-state index in [0.29, 0.717) is 6.42 Å². The minimum Gasteiger partial charge on any atom is -0.460 e. The standard InChI is InChI=1S/C23H37N3O6/c1-7-8-14(4)20-17(11-12-27)22(30)24-15(5)9-10-18(28)25-16(6)21(29)26-19(13(2)3)23(31)32-20/h9-10,13-14,16-17,19-20,27H,5,7-8,11-12H2,1-4,6H3,(H,24,30)(H,25,28)(H,26,29)/b10-9+/t14-,16+,17-,19?,20?/m1/s1. The Morgan fingerprint density at radius 3 is 2.31 bits per heavy atom. The van der Waals surface area contributed by atoms with Crippen LogP contribution in [0, 0.1) is 17.8 Å². The van der Waals surface area contributed by atoms with Crippen LogP contribution in [0.2, 0.25) is 0 Å². The smallest absolute Gasteiger partial charge is 0.329 e. The molecule has 1 heterocycles. The Morgan fingerprint density at radius 1 is 1.09 bits per heavy atom. The molecule has 3 amide bonds. The molecular weight excluding hydrogens is 414 g/mol. The highest BCUT2D eigenvalue weighted by Gasteiger charge is 2.38. The van der Waals surface area contributed by atoms with E-state index < -0.39 is 47.8 Å². The third kappa shape index (κ3) is 8.11. The molecule has 0 spiro atoms. The Bertz CT molecular complexity index is 733. The molecule has 9 heteroatoms. The quantitative estimate of drug-likeness (QED) is 0.448. The van der Waals surface area contributed by atoms with E-state index in [1.54, 1.807) is 13.8 Å². The average Bonchev–Trinajstić information content (AvgIpc) is 2.71. The second kappa shape index (κ2) is 13.0. The third-order valence-corrected chi connectivity index (χ3v) is 5.42. The molecule has 0 aromatic carbocycles. The van der Waals surface area contributed by atoms with Gasteiger partial charge in [-0.15, -0.1) is 0 Å². The number of aliphatic hydroxyl groups is 1. The lowest BCUT2D eigenvalue weighted by Crippen LogP contribution is -2.53. The lowest BCUT2D eigenvalue weighted by Gasteiger charge is -2.33. The van der Waals surface area contributed by atoms with E-state index in [4.69, 9.17) is 4.74 Å². The first-order valence-electron chi connectivity index (χ1n) is 11.1. The summed E-state index contributed by atoms with van der Waals surface area (Å²) in [5.74, 6) is -3.52. The molecule has 0 aliphatic carbocycles. The van der Waals surface area contributed by atoms with Crippen LogP contribution in [-0.2, 0) is 23.9 Å². The molecule has 0 fully saturated rings. The number of ether oxygens (including phenoxy) is 1. The number of carbonyl (C=O) groups excluding carboxylic acids is 4. The van der Waals surface area contributed by atoms with Gasteiger partial charge in [0.2, 0.25) is 17.7 Å². The van der Waals surface area contributed by atoms with Crippen LogP contribution in [0.5, 0.6) is 0 Å². The number of amides is 3. The van der Waals surface area contributed by atoms with Gasteiger partial charge in [0.15, 0.2) is 0 Å². The van der Waals surface area contributed by atoms with Crippen LogP contribution < -0.4 is 16.0 Å². The van der Waals surface area contributed by atoms with Crippen molar-refractivity contribution in [2.24, 2.45) is 17.8 Å². The van der Waals surface area contributed by atoms with Gasteiger partial charge in [0.1, 0.15) is 18.2 Å². The summed E-state index contributed by atoms with van der Waals surface area (Å²) in [5.41, 5.74) is 0.161. The van der Waals surface area contributed by atoms with Crippen LogP contribution in [0.3, 0.4) is 0 Å². The zero-order valence-electron chi connectivity index (χ0n) is 19.6. The number of allylic oxidation sites excluding steroid dienone is 1. The van der Waals surface area contributed by atoms with Gasteiger partial charge < -0.3 is 25.8 Å². The predicted octanol–water partition coefficient (Wildman–Crippen LogP) is 1.18. The number of hydrogen-bond acceptors (Lipinski definition) is 6. The Morgan fingerprint density at radius 2 is 1.75 bits per heavy atom. The molecule has 0 aromatic heterocycles. The van der Waals surface area contributed by atoms with Gasteiger partial charge in [-0.1, -0.05) is 40.7 Å². The molecule has 0 radical (unpaired) electrons. The summed E-state index contributed by atoms with van der Waals surface area (Å²) in [6.07, 6.45) is 3.25. The van der Waals surface area contributed by atoms with Gasteiger partial charge in [-0.25, -0.2) is 4.79 Å². The largest absolute Gasteiger partial charge is 0.460 e. The van der Waals surface area contributed by atoms with Crippen molar-refractivity contribution in [1.82, 2.24) is 16.0 Å². The topological polar surface area (TPSA) is 134 Å². The summed E-state index contributed by atoms with van der Waals surface area (Å²) in [6.45, 7) is 12.3. The maximum atomic E-state index is 13.1. The fourth-order valence-corrected chi connectivity index (χ4v) is 3.58. The molecule has 0 bridgehead atoms. The van der Waals surface area contributed by atoms with Crippen LogP contribution in [0.25, 0.3) is 0 Å². The molecule has 4 N–H and O–H groups in total. The van der Waals surface area contributed by atoms with E-state index in [2.05, 4.69) is 22.5 Å². The first kappa shape index (κ1) is 27.4. The van der Waals surface area contributed by atoms with Gasteiger partial charge in [0.05, 0.1) is 5.92 Å². The fourth-order valence-electron chi connectivity index (χ4n) is 3.58. The summed E-state index contributed by atoms with van der Waals surface area (Å²) in [4.78, 5) is 50.8. The second-order valence-corrected chi connectivity index (χ2v) is 8.59. The first-order valence-corrected chi connectivity index (χ1v) is 11.1. The monoisotopic (exact) mass is 451 g/mol. The summed E-state index contributed by atoms with van der Waals surface area (Å²) >= 11 is 0. The molecule has 1 rings (SSSR count). The minimum atomic E-state index is -0.966. The number of nitrogens with one attached hydrogen (secondary N) is 3. The van der Waals surface area contributed by atoms with Gasteiger partial charge in [-0.2, -0.15) is 0 Å². The first-order chi connectivity index (χ1) is 15.0.